The first-order valence-corrected chi connectivity index (χ1v) is 8.30. The summed E-state index contributed by atoms with van der Waals surface area (Å²) in [5, 5.41) is 11.9. The summed E-state index contributed by atoms with van der Waals surface area (Å²) >= 11 is 1.49. The highest BCUT2D eigenvalue weighted by molar-refractivity contribution is 7.99. The Morgan fingerprint density at radius 1 is 1.13 bits per heavy atom. The van der Waals surface area contributed by atoms with Gasteiger partial charge < -0.3 is 4.52 Å². The third-order valence-electron chi connectivity index (χ3n) is 3.25. The van der Waals surface area contributed by atoms with Gasteiger partial charge in [-0.1, -0.05) is 68.0 Å². The molecule has 1 aromatic carbocycles. The molecule has 0 saturated heterocycles. The van der Waals surface area contributed by atoms with E-state index >= 15 is 0 Å². The van der Waals surface area contributed by atoms with Crippen LogP contribution >= 0.6 is 11.8 Å². The largest absolute Gasteiger partial charge is 0.338 e. The molecule has 3 rings (SSSR count). The van der Waals surface area contributed by atoms with Gasteiger partial charge in [-0.05, 0) is 6.92 Å². The van der Waals surface area contributed by atoms with Crippen LogP contribution in [0.25, 0.3) is 11.4 Å². The van der Waals surface area contributed by atoms with Crippen molar-refractivity contribution < 1.29 is 4.52 Å². The van der Waals surface area contributed by atoms with Crippen molar-refractivity contribution in [3.05, 3.63) is 42.0 Å². The second-order valence-electron chi connectivity index (χ2n) is 6.30. The molecule has 1 atom stereocenters. The number of thioether (sulfide) groups is 1. The number of aromatic nitrogens is 5. The van der Waals surface area contributed by atoms with Crippen molar-refractivity contribution in [2.45, 2.75) is 43.5 Å². The first-order chi connectivity index (χ1) is 10.9. The average molecular weight is 329 g/mol. The van der Waals surface area contributed by atoms with Crippen LogP contribution in [0, 0.1) is 0 Å². The van der Waals surface area contributed by atoms with Crippen LogP contribution in [0.1, 0.15) is 44.7 Å². The number of nitrogens with zero attached hydrogens (tertiary/aromatic N) is 4. The van der Waals surface area contributed by atoms with Crippen molar-refractivity contribution in [3.63, 3.8) is 0 Å². The Hall–Kier alpha value is -2.15. The second-order valence-corrected chi connectivity index (χ2v) is 7.61. The van der Waals surface area contributed by atoms with E-state index in [-0.39, 0.29) is 10.7 Å². The van der Waals surface area contributed by atoms with Crippen LogP contribution in [-0.2, 0) is 5.41 Å². The summed E-state index contributed by atoms with van der Waals surface area (Å²) in [6.07, 6.45) is 0. The van der Waals surface area contributed by atoms with Crippen LogP contribution in [0.15, 0.2) is 40.0 Å². The van der Waals surface area contributed by atoms with E-state index in [2.05, 4.69) is 46.1 Å². The zero-order valence-corrected chi connectivity index (χ0v) is 14.4. The zero-order chi connectivity index (χ0) is 16.4. The quantitative estimate of drug-likeness (QED) is 0.729. The lowest BCUT2D eigenvalue weighted by Crippen LogP contribution is -2.13. The van der Waals surface area contributed by atoms with Crippen LogP contribution < -0.4 is 0 Å². The van der Waals surface area contributed by atoms with E-state index in [4.69, 9.17) is 4.52 Å². The molecule has 23 heavy (non-hydrogen) atoms. The Labute approximate surface area is 139 Å². The van der Waals surface area contributed by atoms with Gasteiger partial charge in [-0.25, -0.2) is 4.98 Å². The average Bonchev–Trinajstić information content (AvgIpc) is 3.17. The minimum Gasteiger partial charge on any atom is -0.338 e. The molecule has 0 aliphatic heterocycles. The Morgan fingerprint density at radius 2 is 1.87 bits per heavy atom. The first kappa shape index (κ1) is 15.7. The molecule has 3 aromatic rings. The maximum absolute atomic E-state index is 5.37. The molecule has 6 nitrogen and oxygen atoms in total. The third kappa shape index (κ3) is 3.61. The summed E-state index contributed by atoms with van der Waals surface area (Å²) in [5.74, 6) is 2.05. The standard InChI is InChI=1S/C16H19N5OS/c1-10(13-18-14(21-22-13)16(2,3)4)23-15-17-12(19-20-15)11-8-6-5-7-9-11/h5-10H,1-4H3,(H,17,19,20). The highest BCUT2D eigenvalue weighted by Gasteiger charge is 2.24. The third-order valence-corrected chi connectivity index (χ3v) is 4.20. The Bertz CT molecular complexity index is 775. The second kappa shape index (κ2) is 6.16. The Balaban J connectivity index is 1.72. The molecule has 0 saturated carbocycles. The van der Waals surface area contributed by atoms with Gasteiger partial charge in [0, 0.05) is 11.0 Å². The normalized spacial score (nSPS) is 13.2. The van der Waals surface area contributed by atoms with Gasteiger partial charge in [-0.15, -0.1) is 5.10 Å². The number of H-pyrrole nitrogens is 1. The highest BCUT2D eigenvalue weighted by atomic mass is 32.2. The molecule has 0 aliphatic carbocycles. The zero-order valence-electron chi connectivity index (χ0n) is 13.6. The lowest BCUT2D eigenvalue weighted by atomic mass is 9.96. The van der Waals surface area contributed by atoms with Gasteiger partial charge in [0.25, 0.3) is 0 Å². The van der Waals surface area contributed by atoms with Crippen molar-refractivity contribution >= 4 is 11.8 Å². The number of hydrogen-bond acceptors (Lipinski definition) is 6. The van der Waals surface area contributed by atoms with E-state index in [9.17, 15) is 0 Å². The van der Waals surface area contributed by atoms with Gasteiger partial charge in [0.2, 0.25) is 11.0 Å². The molecule has 0 bridgehead atoms. The molecule has 0 radical (unpaired) electrons. The lowest BCUT2D eigenvalue weighted by Gasteiger charge is -2.11. The summed E-state index contributed by atoms with van der Waals surface area (Å²) in [7, 11) is 0. The van der Waals surface area contributed by atoms with Gasteiger partial charge in [0.1, 0.15) is 0 Å². The number of aromatic amines is 1. The maximum Gasteiger partial charge on any atom is 0.239 e. The monoisotopic (exact) mass is 329 g/mol. The van der Waals surface area contributed by atoms with E-state index in [1.165, 1.54) is 11.8 Å². The van der Waals surface area contributed by atoms with Crippen LogP contribution in [0.2, 0.25) is 0 Å². The number of hydrogen-bond donors (Lipinski definition) is 1. The fraction of sp³-hybridized carbons (Fsp3) is 0.375. The minimum atomic E-state index is -0.128. The highest BCUT2D eigenvalue weighted by Crippen LogP contribution is 2.33. The van der Waals surface area contributed by atoms with Crippen LogP contribution in [0.5, 0.6) is 0 Å². The lowest BCUT2D eigenvalue weighted by molar-refractivity contribution is 0.364. The van der Waals surface area contributed by atoms with E-state index in [1.807, 2.05) is 37.3 Å². The maximum atomic E-state index is 5.37. The smallest absolute Gasteiger partial charge is 0.239 e. The predicted octanol–water partition coefficient (Wildman–Crippen LogP) is 4.01. The number of benzene rings is 1. The summed E-state index contributed by atoms with van der Waals surface area (Å²) in [6.45, 7) is 8.17. The SMILES string of the molecule is CC(Sc1n[nH]c(-c2ccccc2)n1)c1nc(C(C)(C)C)no1. The molecule has 1 unspecified atom stereocenters. The van der Waals surface area contributed by atoms with E-state index in [1.54, 1.807) is 0 Å². The van der Waals surface area contributed by atoms with E-state index in [0.717, 1.165) is 11.4 Å². The molecule has 120 valence electrons. The van der Waals surface area contributed by atoms with Crippen molar-refractivity contribution in [2.75, 3.05) is 0 Å². The molecule has 0 fully saturated rings. The van der Waals surface area contributed by atoms with Gasteiger partial charge in [-0.3, -0.25) is 5.10 Å². The molecule has 2 heterocycles. The fourth-order valence-corrected chi connectivity index (χ4v) is 2.69. The van der Waals surface area contributed by atoms with Gasteiger partial charge in [0.15, 0.2) is 11.6 Å². The van der Waals surface area contributed by atoms with Crippen molar-refractivity contribution in [1.29, 1.82) is 0 Å². The summed E-state index contributed by atoms with van der Waals surface area (Å²) < 4.78 is 5.37. The van der Waals surface area contributed by atoms with Gasteiger partial charge >= 0.3 is 0 Å². The van der Waals surface area contributed by atoms with Crippen molar-refractivity contribution in [3.8, 4) is 11.4 Å². The molecule has 2 aromatic heterocycles. The topological polar surface area (TPSA) is 80.5 Å². The van der Waals surface area contributed by atoms with E-state index in [0.29, 0.717) is 16.9 Å². The molecule has 0 amide bonds. The Morgan fingerprint density at radius 3 is 2.52 bits per heavy atom. The van der Waals surface area contributed by atoms with Crippen LogP contribution in [0.3, 0.4) is 0 Å². The molecule has 0 spiro atoms. The number of nitrogens with one attached hydrogen (secondary N) is 1. The van der Waals surface area contributed by atoms with Gasteiger partial charge in [0.05, 0.1) is 5.25 Å². The summed E-state index contributed by atoms with van der Waals surface area (Å²) in [4.78, 5) is 8.99. The predicted molar refractivity (Wildman–Crippen MR) is 89.1 cm³/mol. The molecule has 1 N–H and O–H groups in total. The van der Waals surface area contributed by atoms with Crippen molar-refractivity contribution in [2.24, 2.45) is 0 Å². The van der Waals surface area contributed by atoms with Crippen molar-refractivity contribution in [1.82, 2.24) is 25.3 Å². The summed E-state index contributed by atoms with van der Waals surface area (Å²) in [6, 6.07) is 9.90. The molecular weight excluding hydrogens is 310 g/mol. The van der Waals surface area contributed by atoms with E-state index < -0.39 is 0 Å². The van der Waals surface area contributed by atoms with Gasteiger partial charge in [-0.2, -0.15) is 4.98 Å². The van der Waals surface area contributed by atoms with Crippen LogP contribution in [-0.4, -0.2) is 25.3 Å². The molecule has 7 heteroatoms. The first-order valence-electron chi connectivity index (χ1n) is 7.42. The Kier molecular flexibility index (Phi) is 4.21. The molecular formula is C16H19N5OS. The molecule has 0 aliphatic rings. The fourth-order valence-electron chi connectivity index (χ4n) is 1.94. The minimum absolute atomic E-state index is 0.0157. The summed E-state index contributed by atoms with van der Waals surface area (Å²) in [5.41, 5.74) is 0.879. The number of rotatable bonds is 4. The van der Waals surface area contributed by atoms with Crippen LogP contribution in [0.4, 0.5) is 0 Å².